The Morgan fingerprint density at radius 1 is 0.875 bits per heavy atom. The second-order valence-electron chi connectivity index (χ2n) is 7.65. The van der Waals surface area contributed by atoms with Crippen molar-refractivity contribution in [3.05, 3.63) is 95.6 Å². The van der Waals surface area contributed by atoms with Gasteiger partial charge in [-0.3, -0.25) is 9.59 Å². The molecule has 0 bridgehead atoms. The highest BCUT2D eigenvalue weighted by Gasteiger charge is 2.21. The van der Waals surface area contributed by atoms with Crippen LogP contribution in [0.5, 0.6) is 5.75 Å². The van der Waals surface area contributed by atoms with Crippen LogP contribution in [0.15, 0.2) is 78.9 Å². The molecule has 0 aliphatic carbocycles. The Morgan fingerprint density at radius 3 is 2.19 bits per heavy atom. The van der Waals surface area contributed by atoms with Crippen molar-refractivity contribution < 1.29 is 14.3 Å². The lowest BCUT2D eigenvalue weighted by Crippen LogP contribution is -2.34. The first-order valence-electron chi connectivity index (χ1n) is 11.0. The van der Waals surface area contributed by atoms with Crippen LogP contribution >= 0.6 is 0 Å². The molecule has 5 nitrogen and oxygen atoms in total. The number of carbonyl (C=O) groups excluding carboxylic acids is 2. The van der Waals surface area contributed by atoms with Gasteiger partial charge in [-0.1, -0.05) is 68.4 Å². The molecule has 0 aromatic heterocycles. The van der Waals surface area contributed by atoms with Gasteiger partial charge >= 0.3 is 0 Å². The Labute approximate surface area is 189 Å². The average Bonchev–Trinajstić information content (AvgIpc) is 2.83. The molecule has 0 spiro atoms. The highest BCUT2D eigenvalue weighted by atomic mass is 16.5. The maximum Gasteiger partial charge on any atom is 0.265 e. The summed E-state index contributed by atoms with van der Waals surface area (Å²) < 4.78 is 5.91. The Balaban J connectivity index is 1.69. The van der Waals surface area contributed by atoms with Crippen LogP contribution in [0.25, 0.3) is 0 Å². The number of rotatable bonds is 9. The number of hydrogen-bond acceptors (Lipinski definition) is 3. The van der Waals surface area contributed by atoms with E-state index >= 15 is 0 Å². The van der Waals surface area contributed by atoms with E-state index in [9.17, 15) is 9.59 Å². The molecule has 3 rings (SSSR count). The molecule has 2 N–H and O–H groups in total. The molecule has 3 aromatic carbocycles. The van der Waals surface area contributed by atoms with E-state index in [1.807, 2.05) is 68.4 Å². The second-order valence-corrected chi connectivity index (χ2v) is 7.65. The van der Waals surface area contributed by atoms with Crippen molar-refractivity contribution in [3.63, 3.8) is 0 Å². The third-order valence-corrected chi connectivity index (χ3v) is 5.35. The lowest BCUT2D eigenvalue weighted by molar-refractivity contribution is -0.122. The summed E-state index contributed by atoms with van der Waals surface area (Å²) >= 11 is 0. The van der Waals surface area contributed by atoms with Gasteiger partial charge < -0.3 is 15.4 Å². The van der Waals surface area contributed by atoms with Crippen LogP contribution in [0.2, 0.25) is 0 Å². The lowest BCUT2D eigenvalue weighted by atomic mass is 10.1. The van der Waals surface area contributed by atoms with Gasteiger partial charge in [-0.2, -0.15) is 0 Å². The molecule has 32 heavy (non-hydrogen) atoms. The summed E-state index contributed by atoms with van der Waals surface area (Å²) in [4.78, 5) is 25.8. The summed E-state index contributed by atoms with van der Waals surface area (Å²) in [5, 5.41) is 5.87. The quantitative estimate of drug-likeness (QED) is 0.469. The van der Waals surface area contributed by atoms with Gasteiger partial charge in [0.25, 0.3) is 11.8 Å². The first-order valence-corrected chi connectivity index (χ1v) is 11.0. The smallest absolute Gasteiger partial charge is 0.265 e. The van der Waals surface area contributed by atoms with E-state index in [-0.39, 0.29) is 17.9 Å². The van der Waals surface area contributed by atoms with E-state index < -0.39 is 6.10 Å². The van der Waals surface area contributed by atoms with Crippen LogP contribution in [-0.2, 0) is 11.2 Å². The van der Waals surface area contributed by atoms with Crippen molar-refractivity contribution in [2.24, 2.45) is 0 Å². The number of anilines is 1. The van der Waals surface area contributed by atoms with Crippen LogP contribution in [0, 0.1) is 0 Å². The molecule has 2 atom stereocenters. The van der Waals surface area contributed by atoms with Gasteiger partial charge in [-0.25, -0.2) is 0 Å². The maximum atomic E-state index is 12.9. The monoisotopic (exact) mass is 430 g/mol. The number of benzene rings is 3. The molecule has 0 saturated heterocycles. The number of hydrogen-bond donors (Lipinski definition) is 2. The predicted molar refractivity (Wildman–Crippen MR) is 128 cm³/mol. The SMILES string of the molecule is CCc1ccc(O[C@@H](CC)C(=O)Nc2ccccc2C(=O)N[C@@H](C)c2ccccc2)cc1. The summed E-state index contributed by atoms with van der Waals surface area (Å²) in [5.41, 5.74) is 3.08. The van der Waals surface area contributed by atoms with Crippen molar-refractivity contribution >= 4 is 17.5 Å². The first-order chi connectivity index (χ1) is 15.5. The minimum atomic E-state index is -0.665. The van der Waals surface area contributed by atoms with Gasteiger partial charge in [0, 0.05) is 0 Å². The molecule has 0 aliphatic heterocycles. The highest BCUT2D eigenvalue weighted by molar-refractivity contribution is 6.04. The van der Waals surface area contributed by atoms with Crippen LogP contribution < -0.4 is 15.4 Å². The number of nitrogens with one attached hydrogen (secondary N) is 2. The Hall–Kier alpha value is -3.60. The molecule has 0 unspecified atom stereocenters. The van der Waals surface area contributed by atoms with Crippen molar-refractivity contribution in [2.75, 3.05) is 5.32 Å². The molecule has 2 amide bonds. The Kier molecular flexibility index (Phi) is 8.03. The maximum absolute atomic E-state index is 12.9. The minimum absolute atomic E-state index is 0.162. The van der Waals surface area contributed by atoms with E-state index in [4.69, 9.17) is 4.74 Å². The third-order valence-electron chi connectivity index (χ3n) is 5.35. The molecular formula is C27H30N2O3. The molecule has 0 radical (unpaired) electrons. The summed E-state index contributed by atoms with van der Waals surface area (Å²) in [5.74, 6) is 0.108. The van der Waals surface area contributed by atoms with E-state index in [0.29, 0.717) is 23.4 Å². The van der Waals surface area contributed by atoms with Gasteiger partial charge in [0.15, 0.2) is 6.10 Å². The molecule has 3 aromatic rings. The molecule has 0 saturated carbocycles. The molecule has 166 valence electrons. The van der Waals surface area contributed by atoms with E-state index in [2.05, 4.69) is 17.6 Å². The molecular weight excluding hydrogens is 400 g/mol. The highest BCUT2D eigenvalue weighted by Crippen LogP contribution is 2.20. The molecule has 0 fully saturated rings. The zero-order valence-electron chi connectivity index (χ0n) is 18.8. The fourth-order valence-electron chi connectivity index (χ4n) is 3.39. The normalized spacial score (nSPS) is 12.5. The lowest BCUT2D eigenvalue weighted by Gasteiger charge is -2.19. The van der Waals surface area contributed by atoms with Crippen LogP contribution in [-0.4, -0.2) is 17.9 Å². The van der Waals surface area contributed by atoms with Gasteiger partial charge in [0.2, 0.25) is 0 Å². The van der Waals surface area contributed by atoms with Gasteiger partial charge in [-0.05, 0) is 55.2 Å². The first kappa shape index (κ1) is 23.1. The summed E-state index contributed by atoms with van der Waals surface area (Å²) in [7, 11) is 0. The summed E-state index contributed by atoms with van der Waals surface area (Å²) in [6, 6.07) is 24.3. The largest absolute Gasteiger partial charge is 0.481 e. The van der Waals surface area contributed by atoms with Crippen LogP contribution in [0.4, 0.5) is 5.69 Å². The van der Waals surface area contributed by atoms with Crippen molar-refractivity contribution in [3.8, 4) is 5.75 Å². The average molecular weight is 431 g/mol. The van der Waals surface area contributed by atoms with Crippen LogP contribution in [0.1, 0.15) is 54.7 Å². The standard InChI is InChI=1S/C27H30N2O3/c1-4-20-15-17-22(18-16-20)32-25(5-2)27(31)29-24-14-10-9-13-23(24)26(30)28-19(3)21-11-7-6-8-12-21/h6-19,25H,4-5H2,1-3H3,(H,28,30)(H,29,31)/t19-,25-/m0/s1. The number of para-hydroxylation sites is 1. The summed E-state index contributed by atoms with van der Waals surface area (Å²) in [6.45, 7) is 5.91. The van der Waals surface area contributed by atoms with Crippen molar-refractivity contribution in [1.29, 1.82) is 0 Å². The predicted octanol–water partition coefficient (Wildman–Crippen LogP) is 5.54. The fourth-order valence-corrected chi connectivity index (χ4v) is 3.39. The van der Waals surface area contributed by atoms with Gasteiger partial charge in [-0.15, -0.1) is 0 Å². The van der Waals surface area contributed by atoms with Gasteiger partial charge in [0.05, 0.1) is 17.3 Å². The third kappa shape index (κ3) is 5.97. The fraction of sp³-hybridized carbons (Fsp3) is 0.259. The number of ether oxygens (including phenoxy) is 1. The van der Waals surface area contributed by atoms with E-state index in [1.54, 1.807) is 24.3 Å². The van der Waals surface area contributed by atoms with E-state index in [1.165, 1.54) is 5.56 Å². The molecule has 0 aliphatic rings. The minimum Gasteiger partial charge on any atom is -0.481 e. The second kappa shape index (κ2) is 11.1. The van der Waals surface area contributed by atoms with Gasteiger partial charge in [0.1, 0.15) is 5.75 Å². The van der Waals surface area contributed by atoms with E-state index in [0.717, 1.165) is 12.0 Å². The Morgan fingerprint density at radius 2 is 1.53 bits per heavy atom. The number of aryl methyl sites for hydroxylation is 1. The number of carbonyl (C=O) groups is 2. The number of amides is 2. The summed E-state index contributed by atoms with van der Waals surface area (Å²) in [6.07, 6.45) is 0.780. The Bertz CT molecular complexity index is 1030. The topological polar surface area (TPSA) is 67.4 Å². The zero-order valence-corrected chi connectivity index (χ0v) is 18.8. The van der Waals surface area contributed by atoms with Crippen molar-refractivity contribution in [1.82, 2.24) is 5.32 Å². The van der Waals surface area contributed by atoms with Crippen LogP contribution in [0.3, 0.4) is 0 Å². The van der Waals surface area contributed by atoms with Crippen molar-refractivity contribution in [2.45, 2.75) is 45.8 Å². The zero-order chi connectivity index (χ0) is 22.9. The molecule has 5 heteroatoms. The molecule has 0 heterocycles.